The largest absolute Gasteiger partial charge is 0.354 e. The molecule has 0 unspecified atom stereocenters. The van der Waals surface area contributed by atoms with Gasteiger partial charge in [0.15, 0.2) is 0 Å². The highest BCUT2D eigenvalue weighted by atomic mass is 15.4. The van der Waals surface area contributed by atoms with Crippen molar-refractivity contribution in [1.29, 1.82) is 0 Å². The van der Waals surface area contributed by atoms with Gasteiger partial charge in [-0.3, -0.25) is 0 Å². The van der Waals surface area contributed by atoms with Crippen molar-refractivity contribution in [3.8, 4) is 5.95 Å². The maximum Gasteiger partial charge on any atom is 0.258 e. The average Bonchev–Trinajstić information content (AvgIpc) is 2.95. The highest BCUT2D eigenvalue weighted by Crippen LogP contribution is 2.44. The maximum atomic E-state index is 4.38. The van der Waals surface area contributed by atoms with Gasteiger partial charge < -0.3 is 10.6 Å². The molecule has 1 aliphatic rings. The summed E-state index contributed by atoms with van der Waals surface area (Å²) >= 11 is 0. The molecule has 0 radical (unpaired) electrons. The molecule has 3 rings (SSSR count). The van der Waals surface area contributed by atoms with Gasteiger partial charge in [-0.1, -0.05) is 6.92 Å². The van der Waals surface area contributed by atoms with Crippen LogP contribution in [-0.4, -0.2) is 42.8 Å². The fourth-order valence-electron chi connectivity index (χ4n) is 1.78. The summed E-state index contributed by atoms with van der Waals surface area (Å²) in [5.41, 5.74) is 0.387. The molecule has 0 bridgehead atoms. The van der Waals surface area contributed by atoms with Crippen LogP contribution in [0.5, 0.6) is 0 Å². The van der Waals surface area contributed by atoms with Gasteiger partial charge in [0.1, 0.15) is 12.7 Å². The maximum absolute atomic E-state index is 4.38. The molecule has 2 aromatic rings. The van der Waals surface area contributed by atoms with E-state index in [0.717, 1.165) is 13.1 Å². The Morgan fingerprint density at radius 1 is 1.20 bits per heavy atom. The fraction of sp³-hybridized carbons (Fsp3) is 0.583. The van der Waals surface area contributed by atoms with Gasteiger partial charge in [0.2, 0.25) is 11.9 Å². The topological polar surface area (TPSA) is 93.4 Å². The summed E-state index contributed by atoms with van der Waals surface area (Å²) in [5.74, 6) is 1.56. The summed E-state index contributed by atoms with van der Waals surface area (Å²) in [7, 11) is 0. The number of anilines is 2. The lowest BCUT2D eigenvalue weighted by Crippen LogP contribution is -2.17. The quantitative estimate of drug-likeness (QED) is 0.814. The fourth-order valence-corrected chi connectivity index (χ4v) is 1.78. The number of hydrogen-bond donors (Lipinski definition) is 2. The van der Waals surface area contributed by atoms with Crippen molar-refractivity contribution in [3.63, 3.8) is 0 Å². The minimum Gasteiger partial charge on any atom is -0.354 e. The second-order valence-corrected chi connectivity index (χ2v) is 5.32. The monoisotopic (exact) mass is 274 g/mol. The summed E-state index contributed by atoms with van der Waals surface area (Å²) in [5, 5.41) is 10.4. The van der Waals surface area contributed by atoms with Gasteiger partial charge in [0.25, 0.3) is 5.95 Å². The van der Waals surface area contributed by atoms with E-state index in [2.05, 4.69) is 42.6 Å². The van der Waals surface area contributed by atoms with Gasteiger partial charge in [-0.25, -0.2) is 4.98 Å². The lowest BCUT2D eigenvalue weighted by Gasteiger charge is -2.11. The smallest absolute Gasteiger partial charge is 0.258 e. The zero-order valence-corrected chi connectivity index (χ0v) is 11.7. The molecule has 8 nitrogen and oxygen atoms in total. The molecule has 0 aromatic carbocycles. The van der Waals surface area contributed by atoms with Gasteiger partial charge >= 0.3 is 0 Å². The second kappa shape index (κ2) is 5.03. The van der Waals surface area contributed by atoms with Gasteiger partial charge in [0.05, 0.1) is 0 Å². The SMILES string of the molecule is CCNc1nc(NCC2(C)CC2)nc(-n2cncn2)n1. The molecule has 0 spiro atoms. The highest BCUT2D eigenvalue weighted by molar-refractivity contribution is 5.37. The molecule has 0 saturated heterocycles. The van der Waals surface area contributed by atoms with E-state index in [4.69, 9.17) is 0 Å². The van der Waals surface area contributed by atoms with Crippen LogP contribution in [0.1, 0.15) is 26.7 Å². The Hall–Kier alpha value is -2.25. The van der Waals surface area contributed by atoms with Crippen molar-refractivity contribution >= 4 is 11.9 Å². The van der Waals surface area contributed by atoms with E-state index >= 15 is 0 Å². The molecular weight excluding hydrogens is 256 g/mol. The van der Waals surface area contributed by atoms with Gasteiger partial charge in [-0.15, -0.1) is 0 Å². The minimum atomic E-state index is 0.387. The summed E-state index contributed by atoms with van der Waals surface area (Å²) < 4.78 is 1.52. The number of nitrogens with zero attached hydrogens (tertiary/aromatic N) is 6. The number of hydrogen-bond acceptors (Lipinski definition) is 7. The lowest BCUT2D eigenvalue weighted by atomic mass is 10.1. The van der Waals surface area contributed by atoms with Crippen LogP contribution in [0.4, 0.5) is 11.9 Å². The van der Waals surface area contributed by atoms with E-state index in [1.807, 2.05) is 6.92 Å². The Balaban J connectivity index is 1.84. The van der Waals surface area contributed by atoms with Crippen LogP contribution < -0.4 is 10.6 Å². The van der Waals surface area contributed by atoms with Crippen LogP contribution >= 0.6 is 0 Å². The van der Waals surface area contributed by atoms with Crippen molar-refractivity contribution < 1.29 is 0 Å². The Kier molecular flexibility index (Phi) is 3.21. The average molecular weight is 274 g/mol. The molecule has 106 valence electrons. The summed E-state index contributed by atoms with van der Waals surface area (Å²) in [6, 6.07) is 0. The van der Waals surface area contributed by atoms with E-state index in [9.17, 15) is 0 Å². The Morgan fingerprint density at radius 3 is 2.55 bits per heavy atom. The molecule has 2 aromatic heterocycles. The zero-order chi connectivity index (χ0) is 14.0. The predicted molar refractivity (Wildman–Crippen MR) is 74.7 cm³/mol. The molecule has 0 aliphatic heterocycles. The standard InChI is InChI=1S/C12H18N8/c1-3-14-9-17-10(15-6-12(2)4-5-12)19-11(18-9)20-8-13-7-16-20/h7-8H,3-6H2,1-2H3,(H2,14,15,17,18,19). The van der Waals surface area contributed by atoms with Crippen LogP contribution in [0.15, 0.2) is 12.7 Å². The summed E-state index contributed by atoms with van der Waals surface area (Å²) in [6.45, 7) is 5.87. The van der Waals surface area contributed by atoms with E-state index < -0.39 is 0 Å². The predicted octanol–water partition coefficient (Wildman–Crippen LogP) is 1.10. The van der Waals surface area contributed by atoms with Crippen molar-refractivity contribution in [1.82, 2.24) is 29.7 Å². The van der Waals surface area contributed by atoms with Crippen molar-refractivity contribution in [3.05, 3.63) is 12.7 Å². The number of rotatable bonds is 6. The third-order valence-electron chi connectivity index (χ3n) is 3.36. The first kappa shape index (κ1) is 12.8. The second-order valence-electron chi connectivity index (χ2n) is 5.32. The molecule has 1 fully saturated rings. The first-order valence-corrected chi connectivity index (χ1v) is 6.77. The summed E-state index contributed by atoms with van der Waals surface area (Å²) in [4.78, 5) is 17.0. The third kappa shape index (κ3) is 2.84. The first-order valence-electron chi connectivity index (χ1n) is 6.77. The molecule has 0 amide bonds. The van der Waals surface area contributed by atoms with Crippen LogP contribution in [0.3, 0.4) is 0 Å². The lowest BCUT2D eigenvalue weighted by molar-refractivity contribution is 0.607. The normalized spacial score (nSPS) is 15.9. The Labute approximate surface area is 117 Å². The van der Waals surface area contributed by atoms with Crippen LogP contribution in [0, 0.1) is 5.41 Å². The van der Waals surface area contributed by atoms with E-state index in [1.54, 1.807) is 6.33 Å². The number of aromatic nitrogens is 6. The molecule has 2 N–H and O–H groups in total. The van der Waals surface area contributed by atoms with E-state index in [-0.39, 0.29) is 0 Å². The molecule has 1 aliphatic carbocycles. The van der Waals surface area contributed by atoms with E-state index in [1.165, 1.54) is 23.9 Å². The summed E-state index contributed by atoms with van der Waals surface area (Å²) in [6.07, 6.45) is 5.52. The van der Waals surface area contributed by atoms with Crippen LogP contribution in [0.25, 0.3) is 5.95 Å². The highest BCUT2D eigenvalue weighted by Gasteiger charge is 2.37. The van der Waals surface area contributed by atoms with Gasteiger partial charge in [0, 0.05) is 13.1 Å². The molecule has 0 atom stereocenters. The minimum absolute atomic E-state index is 0.387. The Bertz CT molecular complexity index is 575. The van der Waals surface area contributed by atoms with Crippen molar-refractivity contribution in [2.75, 3.05) is 23.7 Å². The molecule has 1 saturated carbocycles. The van der Waals surface area contributed by atoms with Crippen LogP contribution in [0.2, 0.25) is 0 Å². The van der Waals surface area contributed by atoms with E-state index in [0.29, 0.717) is 23.3 Å². The Morgan fingerprint density at radius 2 is 1.95 bits per heavy atom. The molecule has 2 heterocycles. The molecular formula is C12H18N8. The first-order chi connectivity index (χ1) is 9.68. The zero-order valence-electron chi connectivity index (χ0n) is 11.7. The van der Waals surface area contributed by atoms with Gasteiger partial charge in [-0.2, -0.15) is 24.7 Å². The third-order valence-corrected chi connectivity index (χ3v) is 3.36. The van der Waals surface area contributed by atoms with Crippen molar-refractivity contribution in [2.24, 2.45) is 5.41 Å². The molecule has 8 heteroatoms. The number of nitrogens with one attached hydrogen (secondary N) is 2. The van der Waals surface area contributed by atoms with Gasteiger partial charge in [-0.05, 0) is 25.2 Å². The molecule has 20 heavy (non-hydrogen) atoms. The van der Waals surface area contributed by atoms with Crippen molar-refractivity contribution in [2.45, 2.75) is 26.7 Å². The van der Waals surface area contributed by atoms with Crippen LogP contribution in [-0.2, 0) is 0 Å².